The van der Waals surface area contributed by atoms with Crippen LogP contribution in [0.3, 0.4) is 0 Å². The molecule has 0 fully saturated rings. The third-order valence-corrected chi connectivity index (χ3v) is 2.07. The van der Waals surface area contributed by atoms with E-state index < -0.39 is 0 Å². The van der Waals surface area contributed by atoms with Crippen LogP contribution < -0.4 is 11.1 Å². The summed E-state index contributed by atoms with van der Waals surface area (Å²) in [6.45, 7) is 11.9. The molecule has 0 amide bonds. The van der Waals surface area contributed by atoms with Crippen LogP contribution in [0.1, 0.15) is 33.3 Å². The van der Waals surface area contributed by atoms with E-state index >= 15 is 0 Å². The first kappa shape index (κ1) is 15.4. The molecule has 3 N–H and O–H groups in total. The van der Waals surface area contributed by atoms with Gasteiger partial charge in [-0.2, -0.15) is 0 Å². The summed E-state index contributed by atoms with van der Waals surface area (Å²) in [6, 6.07) is 6.04. The average Bonchev–Trinajstić information content (AvgIpc) is 2.33. The number of nitrogens with one attached hydrogen (secondary N) is 1. The largest absolute Gasteiger partial charge is 0.497 e. The van der Waals surface area contributed by atoms with Crippen LogP contribution in [0.25, 0.3) is 5.76 Å². The molecule has 3 nitrogen and oxygen atoms in total. The summed E-state index contributed by atoms with van der Waals surface area (Å²) in [6.07, 6.45) is 0. The van der Waals surface area contributed by atoms with Crippen molar-refractivity contribution < 1.29 is 4.74 Å². The molecule has 96 valence electrons. The van der Waals surface area contributed by atoms with E-state index in [1.807, 2.05) is 32.0 Å². The van der Waals surface area contributed by atoms with Gasteiger partial charge in [0, 0.05) is 11.6 Å². The van der Waals surface area contributed by atoms with Gasteiger partial charge in [0.2, 0.25) is 0 Å². The number of ether oxygens (including phenoxy) is 1. The number of nitrogen functional groups attached to an aromatic ring is 1. The number of rotatable bonds is 4. The second kappa shape index (κ2) is 7.60. The zero-order valence-electron chi connectivity index (χ0n) is 11.5. The lowest BCUT2D eigenvalue weighted by Gasteiger charge is -2.14. The lowest BCUT2D eigenvalue weighted by atomic mass is 10.1. The van der Waals surface area contributed by atoms with Crippen molar-refractivity contribution in [1.29, 1.82) is 0 Å². The van der Waals surface area contributed by atoms with Crippen molar-refractivity contribution in [2.75, 3.05) is 18.2 Å². The second-order valence-electron chi connectivity index (χ2n) is 3.73. The molecule has 17 heavy (non-hydrogen) atoms. The number of hydrogen-bond acceptors (Lipinski definition) is 3. The predicted octanol–water partition coefficient (Wildman–Crippen LogP) is 3.73. The van der Waals surface area contributed by atoms with E-state index in [2.05, 4.69) is 25.7 Å². The van der Waals surface area contributed by atoms with Gasteiger partial charge in [-0.3, -0.25) is 0 Å². The van der Waals surface area contributed by atoms with Gasteiger partial charge in [-0.05, 0) is 32.0 Å². The molecule has 0 radical (unpaired) electrons. The van der Waals surface area contributed by atoms with E-state index in [9.17, 15) is 0 Å². The van der Waals surface area contributed by atoms with Crippen LogP contribution in [0.15, 0.2) is 24.8 Å². The Labute approximate surface area is 105 Å². The van der Waals surface area contributed by atoms with Crippen molar-refractivity contribution in [2.45, 2.75) is 33.7 Å². The van der Waals surface area contributed by atoms with Crippen molar-refractivity contribution in [2.24, 2.45) is 0 Å². The molecule has 0 atom stereocenters. The highest BCUT2D eigenvalue weighted by Gasteiger charge is 2.04. The molecule has 0 aliphatic carbocycles. The first-order chi connectivity index (χ1) is 8.04. The highest BCUT2D eigenvalue weighted by atomic mass is 16.5. The van der Waals surface area contributed by atoms with E-state index in [0.717, 1.165) is 16.9 Å². The molecule has 1 aromatic rings. The molecule has 0 heterocycles. The van der Waals surface area contributed by atoms with Gasteiger partial charge in [-0.15, -0.1) is 0 Å². The third-order valence-electron chi connectivity index (χ3n) is 2.07. The van der Waals surface area contributed by atoms with Gasteiger partial charge in [0.1, 0.15) is 5.76 Å². The number of hydrogen-bond donors (Lipinski definition) is 2. The van der Waals surface area contributed by atoms with Gasteiger partial charge in [-0.1, -0.05) is 20.4 Å². The van der Waals surface area contributed by atoms with Crippen molar-refractivity contribution in [3.8, 4) is 0 Å². The fourth-order valence-corrected chi connectivity index (χ4v) is 1.28. The van der Waals surface area contributed by atoms with Crippen molar-refractivity contribution in [3.05, 3.63) is 30.3 Å². The van der Waals surface area contributed by atoms with E-state index in [-0.39, 0.29) is 0 Å². The molecule has 1 rings (SSSR count). The molecule has 3 heteroatoms. The monoisotopic (exact) mass is 236 g/mol. The highest BCUT2D eigenvalue weighted by Crippen LogP contribution is 2.24. The Morgan fingerprint density at radius 1 is 1.35 bits per heavy atom. The van der Waals surface area contributed by atoms with Crippen molar-refractivity contribution in [1.82, 2.24) is 0 Å². The Balaban J connectivity index is 0.00000121. The third kappa shape index (κ3) is 4.81. The van der Waals surface area contributed by atoms with Crippen LogP contribution >= 0.6 is 0 Å². The molecule has 0 spiro atoms. The zero-order chi connectivity index (χ0) is 13.4. The van der Waals surface area contributed by atoms with Crippen LogP contribution in [0, 0.1) is 0 Å². The van der Waals surface area contributed by atoms with Crippen LogP contribution in [0.5, 0.6) is 0 Å². The minimum atomic E-state index is 0.346. The van der Waals surface area contributed by atoms with Gasteiger partial charge < -0.3 is 15.8 Å². The summed E-state index contributed by atoms with van der Waals surface area (Å²) in [5, 5.41) is 3.27. The Hall–Kier alpha value is -1.64. The molecule has 0 aliphatic rings. The zero-order valence-corrected chi connectivity index (χ0v) is 11.5. The van der Waals surface area contributed by atoms with Gasteiger partial charge in [0.15, 0.2) is 0 Å². The molecule has 0 saturated carbocycles. The fourth-order valence-electron chi connectivity index (χ4n) is 1.28. The second-order valence-corrected chi connectivity index (χ2v) is 3.73. The summed E-state index contributed by atoms with van der Waals surface area (Å²) < 4.78 is 5.07. The topological polar surface area (TPSA) is 47.3 Å². The lowest BCUT2D eigenvalue weighted by molar-refractivity contribution is 0.371. The minimum Gasteiger partial charge on any atom is -0.497 e. The molecule has 0 aromatic heterocycles. The maximum absolute atomic E-state index is 5.85. The van der Waals surface area contributed by atoms with E-state index in [4.69, 9.17) is 10.5 Å². The van der Waals surface area contributed by atoms with Gasteiger partial charge in [-0.25, -0.2) is 0 Å². The first-order valence-electron chi connectivity index (χ1n) is 5.94. The quantitative estimate of drug-likeness (QED) is 0.618. The summed E-state index contributed by atoms with van der Waals surface area (Å²) in [4.78, 5) is 0. The SMILES string of the molecule is C=C(OC)c1ccc(N)c(NC(C)C)c1.CC. The smallest absolute Gasteiger partial charge is 0.118 e. The summed E-state index contributed by atoms with van der Waals surface area (Å²) in [5.74, 6) is 0.641. The molecule has 0 aliphatic heterocycles. The van der Waals surface area contributed by atoms with Crippen LogP contribution in [-0.4, -0.2) is 13.2 Å². The molecular weight excluding hydrogens is 212 g/mol. The Morgan fingerprint density at radius 3 is 2.41 bits per heavy atom. The van der Waals surface area contributed by atoms with Gasteiger partial charge in [0.05, 0.1) is 18.5 Å². The predicted molar refractivity (Wildman–Crippen MR) is 77.0 cm³/mol. The number of methoxy groups -OCH3 is 1. The average molecular weight is 236 g/mol. The maximum Gasteiger partial charge on any atom is 0.118 e. The van der Waals surface area contributed by atoms with Crippen molar-refractivity contribution >= 4 is 17.1 Å². The Bertz CT molecular complexity index is 359. The molecule has 0 unspecified atom stereocenters. The minimum absolute atomic E-state index is 0.346. The molecular formula is C14H24N2O. The van der Waals surface area contributed by atoms with Crippen LogP contribution in [0.4, 0.5) is 11.4 Å². The van der Waals surface area contributed by atoms with Gasteiger partial charge in [0.25, 0.3) is 0 Å². The van der Waals surface area contributed by atoms with Crippen molar-refractivity contribution in [3.63, 3.8) is 0 Å². The summed E-state index contributed by atoms with van der Waals surface area (Å²) in [7, 11) is 1.61. The molecule has 0 bridgehead atoms. The number of benzene rings is 1. The number of nitrogens with two attached hydrogens (primary N) is 1. The Kier molecular flexibility index (Phi) is 6.87. The van der Waals surface area contributed by atoms with Crippen LogP contribution in [-0.2, 0) is 4.74 Å². The standard InChI is InChI=1S/C12H18N2O.C2H6/c1-8(2)14-12-7-10(9(3)15-4)5-6-11(12)13;1-2/h5-8,14H,3,13H2,1-2,4H3;1-2H3. The van der Waals surface area contributed by atoms with E-state index in [1.165, 1.54) is 0 Å². The maximum atomic E-state index is 5.85. The Morgan fingerprint density at radius 2 is 1.94 bits per heavy atom. The summed E-state index contributed by atoms with van der Waals surface area (Å²) in [5.41, 5.74) is 8.44. The molecule has 1 aromatic carbocycles. The lowest BCUT2D eigenvalue weighted by Crippen LogP contribution is -2.11. The van der Waals surface area contributed by atoms with Gasteiger partial charge >= 0.3 is 0 Å². The van der Waals surface area contributed by atoms with Crippen LogP contribution in [0.2, 0.25) is 0 Å². The van der Waals surface area contributed by atoms with E-state index in [0.29, 0.717) is 11.8 Å². The fraction of sp³-hybridized carbons (Fsp3) is 0.429. The molecule has 0 saturated heterocycles. The normalized spacial score (nSPS) is 9.29. The summed E-state index contributed by atoms with van der Waals surface area (Å²) >= 11 is 0. The van der Waals surface area contributed by atoms with E-state index in [1.54, 1.807) is 7.11 Å². The number of anilines is 2. The first-order valence-corrected chi connectivity index (χ1v) is 5.94. The highest BCUT2D eigenvalue weighted by molar-refractivity contribution is 5.72.